The van der Waals surface area contributed by atoms with Gasteiger partial charge in [0.1, 0.15) is 10.3 Å². The summed E-state index contributed by atoms with van der Waals surface area (Å²) in [4.78, 5) is 29.9. The second kappa shape index (κ2) is 7.28. The summed E-state index contributed by atoms with van der Waals surface area (Å²) in [6.07, 6.45) is 1.11. The monoisotopic (exact) mass is 408 g/mol. The van der Waals surface area contributed by atoms with Gasteiger partial charge in [-0.1, -0.05) is 43.1 Å². The maximum Gasteiger partial charge on any atom is 0.336 e. The van der Waals surface area contributed by atoms with Crippen LogP contribution in [0.25, 0.3) is 0 Å². The molecule has 1 atom stereocenters. The van der Waals surface area contributed by atoms with Gasteiger partial charge < -0.3 is 10.1 Å². The van der Waals surface area contributed by atoms with E-state index in [0.717, 1.165) is 5.70 Å². The van der Waals surface area contributed by atoms with E-state index < -0.39 is 11.9 Å². The molecule has 1 aliphatic heterocycles. The number of halogens is 2. The highest BCUT2D eigenvalue weighted by Crippen LogP contribution is 2.47. The summed E-state index contributed by atoms with van der Waals surface area (Å²) in [5.74, 6) is -1.09. The van der Waals surface area contributed by atoms with Crippen molar-refractivity contribution in [3.05, 3.63) is 50.5 Å². The van der Waals surface area contributed by atoms with Crippen LogP contribution in [0, 0.1) is 5.41 Å². The van der Waals surface area contributed by atoms with E-state index in [2.05, 4.69) is 24.1 Å². The van der Waals surface area contributed by atoms with Gasteiger partial charge in [0.15, 0.2) is 5.78 Å². The summed E-state index contributed by atoms with van der Waals surface area (Å²) in [6, 6.07) is 3.33. The number of hydrogen-bond donors (Lipinski definition) is 1. The number of esters is 1. The highest BCUT2D eigenvalue weighted by Gasteiger charge is 2.43. The number of Topliss-reactive ketones (excluding diaryl/α,β-unsaturated/α-hetero) is 1. The van der Waals surface area contributed by atoms with Crippen LogP contribution in [0.4, 0.5) is 0 Å². The summed E-state index contributed by atoms with van der Waals surface area (Å²) >= 11 is 12.3. The van der Waals surface area contributed by atoms with E-state index in [-0.39, 0.29) is 28.1 Å². The van der Waals surface area contributed by atoms with Crippen molar-refractivity contribution in [1.82, 2.24) is 10.3 Å². The van der Waals surface area contributed by atoms with Crippen molar-refractivity contribution in [3.8, 4) is 0 Å². The van der Waals surface area contributed by atoms with Crippen LogP contribution in [0.2, 0.25) is 10.3 Å². The molecule has 1 aromatic heterocycles. The zero-order valence-corrected chi connectivity index (χ0v) is 17.3. The Morgan fingerprint density at radius 3 is 2.67 bits per heavy atom. The van der Waals surface area contributed by atoms with Crippen molar-refractivity contribution < 1.29 is 14.3 Å². The van der Waals surface area contributed by atoms with Crippen molar-refractivity contribution in [2.45, 2.75) is 46.5 Å². The van der Waals surface area contributed by atoms with Crippen LogP contribution in [-0.4, -0.2) is 23.3 Å². The van der Waals surface area contributed by atoms with E-state index in [4.69, 9.17) is 27.9 Å². The minimum absolute atomic E-state index is 0.000866. The first-order valence-corrected chi connectivity index (χ1v) is 9.63. The number of nitrogens with zero attached hydrogens (tertiary/aromatic N) is 1. The quantitative estimate of drug-likeness (QED) is 0.586. The van der Waals surface area contributed by atoms with E-state index in [1.54, 1.807) is 19.1 Å². The molecule has 7 heteroatoms. The lowest BCUT2D eigenvalue weighted by Gasteiger charge is -2.39. The van der Waals surface area contributed by atoms with Gasteiger partial charge in [-0.3, -0.25) is 4.79 Å². The first kappa shape index (κ1) is 19.9. The van der Waals surface area contributed by atoms with Crippen molar-refractivity contribution in [1.29, 1.82) is 0 Å². The number of ether oxygens (including phenoxy) is 1. The Morgan fingerprint density at radius 1 is 1.33 bits per heavy atom. The summed E-state index contributed by atoms with van der Waals surface area (Å²) in [6.45, 7) is 7.91. The van der Waals surface area contributed by atoms with Gasteiger partial charge in [0.05, 0.1) is 18.1 Å². The van der Waals surface area contributed by atoms with Crippen molar-refractivity contribution in [2.24, 2.45) is 5.41 Å². The maximum absolute atomic E-state index is 13.1. The predicted molar refractivity (Wildman–Crippen MR) is 105 cm³/mol. The average molecular weight is 409 g/mol. The van der Waals surface area contributed by atoms with E-state index >= 15 is 0 Å². The van der Waals surface area contributed by atoms with Gasteiger partial charge in [-0.2, -0.15) is 0 Å². The number of carbonyl (C=O) groups is 2. The van der Waals surface area contributed by atoms with E-state index in [1.807, 2.05) is 6.92 Å². The molecular formula is C20H22Cl2N2O3. The Bertz CT molecular complexity index is 887. The lowest BCUT2D eigenvalue weighted by atomic mass is 9.69. The number of rotatable bonds is 3. The molecule has 0 radical (unpaired) electrons. The lowest BCUT2D eigenvalue weighted by Crippen LogP contribution is -2.38. The minimum Gasteiger partial charge on any atom is -0.463 e. The Morgan fingerprint density at radius 2 is 2.04 bits per heavy atom. The molecule has 27 heavy (non-hydrogen) atoms. The number of carbonyl (C=O) groups excluding carboxylic acids is 2. The summed E-state index contributed by atoms with van der Waals surface area (Å²) in [5, 5.41) is 3.70. The van der Waals surface area contributed by atoms with Crippen molar-refractivity contribution in [2.75, 3.05) is 6.61 Å². The third kappa shape index (κ3) is 3.76. The Kier molecular flexibility index (Phi) is 5.37. The third-order valence-corrected chi connectivity index (χ3v) is 5.40. The van der Waals surface area contributed by atoms with Gasteiger partial charge in [0, 0.05) is 29.0 Å². The number of allylic oxidation sites excluding steroid dienone is 3. The molecule has 1 aliphatic carbocycles. The number of nitrogens with one attached hydrogen (secondary N) is 1. The molecule has 0 unspecified atom stereocenters. The number of hydrogen-bond acceptors (Lipinski definition) is 5. The summed E-state index contributed by atoms with van der Waals surface area (Å²) in [7, 11) is 0. The maximum atomic E-state index is 13.1. The highest BCUT2D eigenvalue weighted by atomic mass is 35.5. The second-order valence-electron chi connectivity index (χ2n) is 7.66. The molecule has 0 spiro atoms. The fourth-order valence-electron chi connectivity index (χ4n) is 3.86. The second-order valence-corrected chi connectivity index (χ2v) is 8.41. The topological polar surface area (TPSA) is 68.3 Å². The van der Waals surface area contributed by atoms with E-state index in [1.165, 1.54) is 0 Å². The zero-order chi connectivity index (χ0) is 19.9. The highest BCUT2D eigenvalue weighted by molar-refractivity contribution is 6.33. The summed E-state index contributed by atoms with van der Waals surface area (Å²) in [5.41, 5.74) is 2.86. The van der Waals surface area contributed by atoms with E-state index in [0.29, 0.717) is 35.2 Å². The van der Waals surface area contributed by atoms with Gasteiger partial charge >= 0.3 is 5.97 Å². The zero-order valence-electron chi connectivity index (χ0n) is 15.8. The van der Waals surface area contributed by atoms with Crippen LogP contribution < -0.4 is 5.32 Å². The Labute approximate surface area is 168 Å². The molecule has 0 fully saturated rings. The fourth-order valence-corrected chi connectivity index (χ4v) is 4.32. The van der Waals surface area contributed by atoms with Crippen molar-refractivity contribution >= 4 is 35.0 Å². The van der Waals surface area contributed by atoms with E-state index in [9.17, 15) is 9.59 Å². The van der Waals surface area contributed by atoms with Crippen LogP contribution in [0.3, 0.4) is 0 Å². The average Bonchev–Trinajstić information content (AvgIpc) is 2.52. The molecular weight excluding hydrogens is 387 g/mol. The normalized spacial score (nSPS) is 21.7. The molecule has 2 aliphatic rings. The number of dihydropyridines is 1. The molecule has 0 saturated heterocycles. The standard InChI is InChI=1S/C20H22Cl2N2O3/c1-5-27-19(26)15-10(2)23-12-8-20(3,4)9-13(25)17(12)16(15)11-6-7-14(21)24-18(11)22/h6-7,16,23H,5,8-9H2,1-4H3/t16-/m1/s1. The first-order valence-electron chi connectivity index (χ1n) is 8.87. The SMILES string of the molecule is CCOC(=O)C1=C(C)NC2=C(C(=O)CC(C)(C)C2)[C@@H]1c1ccc(Cl)nc1Cl. The van der Waals surface area contributed by atoms with Crippen LogP contribution in [0.5, 0.6) is 0 Å². The van der Waals surface area contributed by atoms with Gasteiger partial charge in [0.2, 0.25) is 0 Å². The van der Waals surface area contributed by atoms with Crippen molar-refractivity contribution in [3.63, 3.8) is 0 Å². The molecule has 0 amide bonds. The van der Waals surface area contributed by atoms with Crippen LogP contribution in [0.15, 0.2) is 34.7 Å². The molecule has 1 aromatic rings. The smallest absolute Gasteiger partial charge is 0.336 e. The van der Waals surface area contributed by atoms with Gasteiger partial charge in [-0.15, -0.1) is 0 Å². The largest absolute Gasteiger partial charge is 0.463 e. The van der Waals surface area contributed by atoms with Crippen LogP contribution in [-0.2, 0) is 14.3 Å². The van der Waals surface area contributed by atoms with Gasteiger partial charge in [-0.25, -0.2) is 9.78 Å². The molecule has 0 aromatic carbocycles. The minimum atomic E-state index is -0.624. The molecule has 1 N–H and O–H groups in total. The lowest BCUT2D eigenvalue weighted by molar-refractivity contribution is -0.138. The number of ketones is 1. The summed E-state index contributed by atoms with van der Waals surface area (Å²) < 4.78 is 5.26. The molecule has 144 valence electrons. The van der Waals surface area contributed by atoms with Gasteiger partial charge in [0.25, 0.3) is 0 Å². The predicted octanol–water partition coefficient (Wildman–Crippen LogP) is 4.56. The Hall–Kier alpha value is -1.85. The Balaban J connectivity index is 2.22. The molecule has 0 saturated carbocycles. The number of pyridine rings is 1. The van der Waals surface area contributed by atoms with Crippen LogP contribution in [0.1, 0.15) is 52.0 Å². The molecule has 0 bridgehead atoms. The molecule has 5 nitrogen and oxygen atoms in total. The molecule has 3 rings (SSSR count). The van der Waals surface area contributed by atoms with Gasteiger partial charge in [-0.05, 0) is 31.7 Å². The first-order chi connectivity index (χ1) is 12.6. The number of aromatic nitrogens is 1. The fraction of sp³-hybridized carbons (Fsp3) is 0.450. The molecule has 2 heterocycles. The van der Waals surface area contributed by atoms with Crippen LogP contribution >= 0.6 is 23.2 Å². The third-order valence-electron chi connectivity index (χ3n) is 4.89.